The molecular formula is C30H38N4O3S. The Morgan fingerprint density at radius 3 is 2.26 bits per heavy atom. The monoisotopic (exact) mass is 534 g/mol. The smallest absolute Gasteiger partial charge is 0.318 e. The van der Waals surface area contributed by atoms with Crippen molar-refractivity contribution >= 4 is 39.6 Å². The van der Waals surface area contributed by atoms with Crippen molar-refractivity contribution < 1.29 is 14.4 Å². The van der Waals surface area contributed by atoms with Crippen LogP contribution in [0.25, 0.3) is 10.8 Å². The predicted molar refractivity (Wildman–Crippen MR) is 156 cm³/mol. The molecule has 0 heterocycles. The first-order valence-corrected chi connectivity index (χ1v) is 13.9. The van der Waals surface area contributed by atoms with E-state index in [1.165, 1.54) is 18.7 Å². The number of carbonyl (C=O) groups excluding carboxylic acids is 3. The van der Waals surface area contributed by atoms with E-state index >= 15 is 0 Å². The SMILES string of the molecule is CC(=O)SCCN(CCc1ccccc1)C(=O)N[C@@H](Cc1ccc2ccccc2c1)C(=O)NCCN(C)C. The molecule has 202 valence electrons. The topological polar surface area (TPSA) is 81.8 Å². The fourth-order valence-electron chi connectivity index (χ4n) is 4.10. The maximum absolute atomic E-state index is 13.5. The summed E-state index contributed by atoms with van der Waals surface area (Å²) < 4.78 is 0. The van der Waals surface area contributed by atoms with Crippen molar-refractivity contribution in [3.8, 4) is 0 Å². The maximum atomic E-state index is 13.5. The Kier molecular flexibility index (Phi) is 11.6. The van der Waals surface area contributed by atoms with Gasteiger partial charge in [0.15, 0.2) is 5.12 Å². The predicted octanol–water partition coefficient (Wildman–Crippen LogP) is 3.96. The molecule has 7 nitrogen and oxygen atoms in total. The zero-order chi connectivity index (χ0) is 27.3. The van der Waals surface area contributed by atoms with Gasteiger partial charge < -0.3 is 20.4 Å². The maximum Gasteiger partial charge on any atom is 0.318 e. The number of likely N-dealkylation sites (N-methyl/N-ethyl adjacent to an activating group) is 1. The molecule has 38 heavy (non-hydrogen) atoms. The van der Waals surface area contributed by atoms with E-state index in [-0.39, 0.29) is 17.1 Å². The van der Waals surface area contributed by atoms with Gasteiger partial charge in [0.05, 0.1) is 0 Å². The summed E-state index contributed by atoms with van der Waals surface area (Å²) in [5.41, 5.74) is 2.10. The van der Waals surface area contributed by atoms with E-state index in [4.69, 9.17) is 0 Å². The molecule has 2 N–H and O–H groups in total. The van der Waals surface area contributed by atoms with Gasteiger partial charge in [0.25, 0.3) is 0 Å². The zero-order valence-corrected chi connectivity index (χ0v) is 23.3. The Morgan fingerprint density at radius 2 is 1.55 bits per heavy atom. The van der Waals surface area contributed by atoms with Crippen LogP contribution in [-0.4, -0.2) is 78.9 Å². The number of nitrogens with one attached hydrogen (secondary N) is 2. The molecule has 0 aliphatic rings. The van der Waals surface area contributed by atoms with Crippen molar-refractivity contribution in [3.63, 3.8) is 0 Å². The van der Waals surface area contributed by atoms with E-state index < -0.39 is 6.04 Å². The normalized spacial score (nSPS) is 11.8. The van der Waals surface area contributed by atoms with Crippen LogP contribution < -0.4 is 10.6 Å². The minimum absolute atomic E-state index is 0.0165. The fourth-order valence-corrected chi connectivity index (χ4v) is 4.70. The highest BCUT2D eigenvalue weighted by Crippen LogP contribution is 2.17. The van der Waals surface area contributed by atoms with Gasteiger partial charge in [0.2, 0.25) is 5.91 Å². The van der Waals surface area contributed by atoms with Gasteiger partial charge in [-0.1, -0.05) is 84.6 Å². The van der Waals surface area contributed by atoms with Crippen LogP contribution in [0.2, 0.25) is 0 Å². The van der Waals surface area contributed by atoms with E-state index in [9.17, 15) is 14.4 Å². The Morgan fingerprint density at radius 1 is 0.842 bits per heavy atom. The summed E-state index contributed by atoms with van der Waals surface area (Å²) in [6.07, 6.45) is 1.06. The Bertz CT molecular complexity index is 1200. The lowest BCUT2D eigenvalue weighted by Crippen LogP contribution is -2.53. The van der Waals surface area contributed by atoms with Crippen LogP contribution in [0.3, 0.4) is 0 Å². The molecule has 3 amide bonds. The minimum Gasteiger partial charge on any atom is -0.353 e. The molecule has 1 atom stereocenters. The fraction of sp³-hybridized carbons (Fsp3) is 0.367. The van der Waals surface area contributed by atoms with Gasteiger partial charge in [0, 0.05) is 45.3 Å². The summed E-state index contributed by atoms with van der Waals surface area (Å²) in [4.78, 5) is 41.9. The molecular weight excluding hydrogens is 496 g/mol. The van der Waals surface area contributed by atoms with Crippen molar-refractivity contribution in [2.45, 2.75) is 25.8 Å². The second-order valence-electron chi connectivity index (χ2n) is 9.54. The Hall–Kier alpha value is -3.36. The van der Waals surface area contributed by atoms with Crippen LogP contribution in [0.1, 0.15) is 18.1 Å². The average molecular weight is 535 g/mol. The number of benzene rings is 3. The van der Waals surface area contributed by atoms with E-state index in [1.54, 1.807) is 4.90 Å². The zero-order valence-electron chi connectivity index (χ0n) is 22.5. The molecule has 3 aromatic carbocycles. The molecule has 0 fully saturated rings. The van der Waals surface area contributed by atoms with Crippen LogP contribution >= 0.6 is 11.8 Å². The van der Waals surface area contributed by atoms with Gasteiger partial charge in [-0.2, -0.15) is 0 Å². The molecule has 0 aromatic heterocycles. The molecule has 0 saturated heterocycles. The van der Waals surface area contributed by atoms with Crippen LogP contribution in [0.4, 0.5) is 4.79 Å². The highest BCUT2D eigenvalue weighted by Gasteiger charge is 2.24. The highest BCUT2D eigenvalue weighted by molar-refractivity contribution is 8.13. The number of carbonyl (C=O) groups is 3. The van der Waals surface area contributed by atoms with Gasteiger partial charge >= 0.3 is 6.03 Å². The molecule has 3 aromatic rings. The minimum atomic E-state index is -0.731. The average Bonchev–Trinajstić information content (AvgIpc) is 2.90. The number of amides is 3. The van der Waals surface area contributed by atoms with E-state index in [0.717, 1.165) is 21.9 Å². The van der Waals surface area contributed by atoms with Gasteiger partial charge in [-0.25, -0.2) is 4.79 Å². The highest BCUT2D eigenvalue weighted by atomic mass is 32.2. The second kappa shape index (κ2) is 15.1. The van der Waals surface area contributed by atoms with Crippen LogP contribution in [0.15, 0.2) is 72.8 Å². The van der Waals surface area contributed by atoms with Gasteiger partial charge in [0.1, 0.15) is 6.04 Å². The first-order chi connectivity index (χ1) is 18.3. The van der Waals surface area contributed by atoms with Crippen LogP contribution in [-0.2, 0) is 22.4 Å². The summed E-state index contributed by atoms with van der Waals surface area (Å²) in [7, 11) is 3.90. The lowest BCUT2D eigenvalue weighted by atomic mass is 10.0. The van der Waals surface area contributed by atoms with Crippen molar-refractivity contribution in [2.75, 3.05) is 46.0 Å². The number of hydrogen-bond acceptors (Lipinski definition) is 5. The summed E-state index contributed by atoms with van der Waals surface area (Å²) in [5, 5.41) is 8.20. The molecule has 0 saturated carbocycles. The lowest BCUT2D eigenvalue weighted by molar-refractivity contribution is -0.123. The lowest BCUT2D eigenvalue weighted by Gasteiger charge is -2.26. The summed E-state index contributed by atoms with van der Waals surface area (Å²) in [6.45, 7) is 3.61. The molecule has 0 unspecified atom stereocenters. The number of urea groups is 1. The van der Waals surface area contributed by atoms with E-state index in [2.05, 4.69) is 22.8 Å². The molecule has 0 radical (unpaired) electrons. The number of hydrogen-bond donors (Lipinski definition) is 2. The standard InChI is InChI=1S/C30H38N4O3S/c1-23(35)38-20-19-34(17-15-24-9-5-4-6-10-24)30(37)32-28(29(36)31-16-18-33(2)3)22-25-13-14-26-11-7-8-12-27(26)21-25/h4-14,21,28H,15-20,22H2,1-3H3,(H,31,36)(H,32,37)/t28-/m0/s1. The van der Waals surface area contributed by atoms with Crippen molar-refractivity contribution in [1.29, 1.82) is 0 Å². The van der Waals surface area contributed by atoms with Crippen LogP contribution in [0.5, 0.6) is 0 Å². The quantitative estimate of drug-likeness (QED) is 0.347. The largest absolute Gasteiger partial charge is 0.353 e. The first-order valence-electron chi connectivity index (χ1n) is 12.9. The van der Waals surface area contributed by atoms with Crippen molar-refractivity contribution in [3.05, 3.63) is 83.9 Å². The Labute approximate surface area is 230 Å². The molecule has 0 aliphatic carbocycles. The molecule has 0 spiro atoms. The van der Waals surface area contributed by atoms with Gasteiger partial charge in [-0.05, 0) is 42.4 Å². The second-order valence-corrected chi connectivity index (χ2v) is 10.8. The van der Waals surface area contributed by atoms with E-state index in [1.807, 2.05) is 79.7 Å². The first kappa shape index (κ1) is 29.2. The molecule has 0 bridgehead atoms. The van der Waals surface area contributed by atoms with Crippen LogP contribution in [0, 0.1) is 0 Å². The Balaban J connectivity index is 1.75. The van der Waals surface area contributed by atoms with Gasteiger partial charge in [-0.15, -0.1) is 0 Å². The van der Waals surface area contributed by atoms with Gasteiger partial charge in [-0.3, -0.25) is 9.59 Å². The number of fused-ring (bicyclic) bond motifs is 1. The summed E-state index contributed by atoms with van der Waals surface area (Å²) in [5.74, 6) is 0.288. The summed E-state index contributed by atoms with van der Waals surface area (Å²) in [6, 6.07) is 23.1. The molecule has 0 aliphatic heterocycles. The third-order valence-corrected chi connectivity index (χ3v) is 6.99. The van der Waals surface area contributed by atoms with E-state index in [0.29, 0.717) is 44.8 Å². The molecule has 3 rings (SSSR count). The molecule has 8 heteroatoms. The van der Waals surface area contributed by atoms with Crippen molar-refractivity contribution in [1.82, 2.24) is 20.4 Å². The number of rotatable bonds is 13. The number of nitrogens with zero attached hydrogens (tertiary/aromatic N) is 2. The summed E-state index contributed by atoms with van der Waals surface area (Å²) >= 11 is 1.20. The third-order valence-electron chi connectivity index (χ3n) is 6.19. The third kappa shape index (κ3) is 9.84. The number of thioether (sulfide) groups is 1. The van der Waals surface area contributed by atoms with Crippen molar-refractivity contribution in [2.24, 2.45) is 0 Å².